The molecule has 0 spiro atoms. The van der Waals surface area contributed by atoms with Gasteiger partial charge < -0.3 is 26.3 Å². The molecule has 39 heavy (non-hydrogen) atoms. The van der Waals surface area contributed by atoms with Gasteiger partial charge in [-0.15, -0.1) is 0 Å². The van der Waals surface area contributed by atoms with Gasteiger partial charge in [0.25, 0.3) is 5.91 Å². The highest BCUT2D eigenvalue weighted by atomic mass is 19.1. The number of carbonyl (C=O) groups excluding carboxylic acids is 1. The predicted octanol–water partition coefficient (Wildman–Crippen LogP) is 4.50. The number of halogens is 3. The fourth-order valence-electron chi connectivity index (χ4n) is 5.57. The summed E-state index contributed by atoms with van der Waals surface area (Å²) in [4.78, 5) is 21.4. The average Bonchev–Trinajstić information content (AvgIpc) is 2.84. The number of nitrogen functional groups attached to an aromatic ring is 1. The van der Waals surface area contributed by atoms with Crippen LogP contribution in [-0.2, 0) is 15.1 Å². The summed E-state index contributed by atoms with van der Waals surface area (Å²) >= 11 is 0. The van der Waals surface area contributed by atoms with Gasteiger partial charge in [0.1, 0.15) is 22.9 Å². The number of nitrogens with zero attached hydrogens (tertiary/aromatic N) is 2. The molecule has 0 bridgehead atoms. The van der Waals surface area contributed by atoms with Crippen molar-refractivity contribution in [3.63, 3.8) is 0 Å². The first-order valence-corrected chi connectivity index (χ1v) is 12.7. The van der Waals surface area contributed by atoms with Crippen LogP contribution < -0.4 is 16.8 Å². The Hall–Kier alpha value is -3.54. The summed E-state index contributed by atoms with van der Waals surface area (Å²) in [5.74, 6) is -3.44. The lowest BCUT2D eigenvalue weighted by Crippen LogP contribution is -2.48. The van der Waals surface area contributed by atoms with E-state index in [9.17, 15) is 9.18 Å². The van der Waals surface area contributed by atoms with E-state index in [4.69, 9.17) is 20.9 Å². The number of aromatic nitrogens is 2. The van der Waals surface area contributed by atoms with Crippen molar-refractivity contribution in [2.45, 2.75) is 43.7 Å². The molecule has 0 radical (unpaired) electrons. The number of hydrogen-bond donors (Lipinski definition) is 3. The molecule has 5 rings (SSSR count). The van der Waals surface area contributed by atoms with Gasteiger partial charge in [0.05, 0.1) is 36.3 Å². The number of carbonyl (C=O) groups is 1. The molecular formula is C28H30F3N5O3. The van der Waals surface area contributed by atoms with Crippen molar-refractivity contribution in [1.29, 1.82) is 0 Å². The number of amides is 1. The van der Waals surface area contributed by atoms with Crippen molar-refractivity contribution < 1.29 is 27.4 Å². The number of rotatable bonds is 6. The number of methoxy groups -OCH3 is 1. The Labute approximate surface area is 223 Å². The van der Waals surface area contributed by atoms with E-state index in [1.165, 1.54) is 13.3 Å². The molecule has 3 aromatic rings. The highest BCUT2D eigenvalue weighted by molar-refractivity contribution is 6.07. The molecule has 1 aromatic carbocycles. The number of pyridine rings is 2. The Morgan fingerprint density at radius 3 is 2.46 bits per heavy atom. The first-order valence-electron chi connectivity index (χ1n) is 12.7. The predicted molar refractivity (Wildman–Crippen MR) is 139 cm³/mol. The van der Waals surface area contributed by atoms with E-state index in [-0.39, 0.29) is 42.1 Å². The van der Waals surface area contributed by atoms with Crippen molar-refractivity contribution in [2.75, 3.05) is 31.4 Å². The minimum atomic E-state index is -1.07. The SMILES string of the molecule is COC1(c2cc(F)c(-c3nc(C(=O)Nc4cnccc4[C@@H]4C[C@H](C)C[C@@H](N)C4)c(N)cc3F)c(F)c2)COC1. The van der Waals surface area contributed by atoms with Gasteiger partial charge in [-0.3, -0.25) is 9.78 Å². The molecule has 5 N–H and O–H groups in total. The highest BCUT2D eigenvalue weighted by Gasteiger charge is 2.42. The monoisotopic (exact) mass is 541 g/mol. The van der Waals surface area contributed by atoms with E-state index >= 15 is 8.78 Å². The van der Waals surface area contributed by atoms with Crippen LogP contribution >= 0.6 is 0 Å². The van der Waals surface area contributed by atoms with Crippen molar-refractivity contribution in [2.24, 2.45) is 11.7 Å². The lowest BCUT2D eigenvalue weighted by atomic mass is 9.76. The van der Waals surface area contributed by atoms with Crippen LogP contribution in [-0.4, -0.2) is 42.2 Å². The van der Waals surface area contributed by atoms with Crippen LogP contribution in [0.5, 0.6) is 0 Å². The second-order valence-electron chi connectivity index (χ2n) is 10.4. The zero-order chi connectivity index (χ0) is 27.9. The molecule has 3 heterocycles. The van der Waals surface area contributed by atoms with Gasteiger partial charge >= 0.3 is 0 Å². The number of nitrogens with two attached hydrogens (primary N) is 2. The number of nitrogens with one attached hydrogen (secondary N) is 1. The van der Waals surface area contributed by atoms with Crippen molar-refractivity contribution in [3.05, 3.63) is 70.9 Å². The smallest absolute Gasteiger partial charge is 0.276 e. The molecule has 0 unspecified atom stereocenters. The Morgan fingerprint density at radius 2 is 1.85 bits per heavy atom. The lowest BCUT2D eigenvalue weighted by molar-refractivity contribution is -0.202. The van der Waals surface area contributed by atoms with Gasteiger partial charge in [-0.2, -0.15) is 0 Å². The molecule has 11 heteroatoms. The van der Waals surface area contributed by atoms with Crippen molar-refractivity contribution in [3.8, 4) is 11.3 Å². The van der Waals surface area contributed by atoms with Crippen LogP contribution in [0.15, 0.2) is 36.7 Å². The maximum atomic E-state index is 15.2. The summed E-state index contributed by atoms with van der Waals surface area (Å²) in [6, 6.07) is 4.80. The summed E-state index contributed by atoms with van der Waals surface area (Å²) in [5.41, 5.74) is 10.6. The van der Waals surface area contributed by atoms with E-state index in [1.54, 1.807) is 6.20 Å². The number of ether oxygens (including phenoxy) is 2. The van der Waals surface area contributed by atoms with Crippen molar-refractivity contribution >= 4 is 17.3 Å². The Bertz CT molecular complexity index is 1380. The second kappa shape index (κ2) is 10.6. The van der Waals surface area contributed by atoms with E-state index < -0.39 is 40.2 Å². The van der Waals surface area contributed by atoms with E-state index in [0.717, 1.165) is 43.0 Å². The van der Waals surface area contributed by atoms with E-state index in [0.29, 0.717) is 11.6 Å². The fraction of sp³-hybridized carbons (Fsp3) is 0.393. The number of hydrogen-bond acceptors (Lipinski definition) is 7. The zero-order valence-corrected chi connectivity index (χ0v) is 21.6. The first kappa shape index (κ1) is 27.0. The van der Waals surface area contributed by atoms with Crippen LogP contribution in [0, 0.1) is 23.4 Å². The molecule has 2 aliphatic rings. The molecular weight excluding hydrogens is 511 g/mol. The van der Waals surface area contributed by atoms with Gasteiger partial charge in [0.15, 0.2) is 11.5 Å². The summed E-state index contributed by atoms with van der Waals surface area (Å²) in [7, 11) is 1.41. The van der Waals surface area contributed by atoms with Gasteiger partial charge in [-0.25, -0.2) is 18.2 Å². The summed E-state index contributed by atoms with van der Waals surface area (Å²) in [6.07, 6.45) is 5.72. The minimum absolute atomic E-state index is 0.0409. The van der Waals surface area contributed by atoms with Crippen LogP contribution in [0.2, 0.25) is 0 Å². The maximum Gasteiger partial charge on any atom is 0.276 e. The Balaban J connectivity index is 1.47. The van der Waals surface area contributed by atoms with Crippen LogP contribution in [0.3, 0.4) is 0 Å². The van der Waals surface area contributed by atoms with Gasteiger partial charge in [-0.1, -0.05) is 6.92 Å². The van der Waals surface area contributed by atoms with Gasteiger partial charge in [-0.05, 0) is 60.4 Å². The molecule has 1 aliphatic carbocycles. The minimum Gasteiger partial charge on any atom is -0.397 e. The van der Waals surface area contributed by atoms with Gasteiger partial charge in [0.2, 0.25) is 0 Å². The topological polar surface area (TPSA) is 125 Å². The summed E-state index contributed by atoms with van der Waals surface area (Å²) in [6.45, 7) is 2.39. The Kier molecular flexibility index (Phi) is 7.32. The van der Waals surface area contributed by atoms with E-state index in [2.05, 4.69) is 22.2 Å². The van der Waals surface area contributed by atoms with Crippen molar-refractivity contribution in [1.82, 2.24) is 9.97 Å². The molecule has 1 aliphatic heterocycles. The third-order valence-electron chi connectivity index (χ3n) is 7.61. The molecule has 2 aromatic heterocycles. The molecule has 3 atom stereocenters. The van der Waals surface area contributed by atoms with E-state index in [1.807, 2.05) is 6.07 Å². The molecule has 2 fully saturated rings. The summed E-state index contributed by atoms with van der Waals surface area (Å²) in [5, 5.41) is 2.75. The van der Waals surface area contributed by atoms with Crippen LogP contribution in [0.4, 0.5) is 24.5 Å². The lowest BCUT2D eigenvalue weighted by Gasteiger charge is -2.40. The second-order valence-corrected chi connectivity index (χ2v) is 10.4. The van der Waals surface area contributed by atoms with Crippen LogP contribution in [0.1, 0.15) is 53.7 Å². The molecule has 8 nitrogen and oxygen atoms in total. The Morgan fingerprint density at radius 1 is 1.13 bits per heavy atom. The maximum absolute atomic E-state index is 15.2. The quantitative estimate of drug-likeness (QED) is 0.420. The number of benzene rings is 1. The number of anilines is 2. The molecule has 206 valence electrons. The average molecular weight is 542 g/mol. The third kappa shape index (κ3) is 5.09. The first-order chi connectivity index (χ1) is 18.6. The largest absolute Gasteiger partial charge is 0.397 e. The standard InChI is InChI=1S/C28H30F3N5O3/c1-14-5-15(7-17(32)6-14)18-3-4-34-11-23(18)35-27(37)26-22(33)10-21(31)25(36-26)24-19(29)8-16(9-20(24)30)28(38-2)12-39-13-28/h3-4,8-11,14-15,17H,5-7,12-13,32-33H2,1-2H3,(H,35,37)/t14-,15+,17+/m0/s1. The normalized spacial score (nSPS) is 22.3. The molecule has 1 saturated carbocycles. The third-order valence-corrected chi connectivity index (χ3v) is 7.61. The van der Waals surface area contributed by atoms with Crippen LogP contribution in [0.25, 0.3) is 11.3 Å². The molecule has 1 amide bonds. The summed E-state index contributed by atoms with van der Waals surface area (Å²) < 4.78 is 55.9. The highest BCUT2D eigenvalue weighted by Crippen LogP contribution is 2.39. The fourth-order valence-corrected chi connectivity index (χ4v) is 5.57. The zero-order valence-electron chi connectivity index (χ0n) is 21.6. The molecule has 1 saturated heterocycles. The van der Waals surface area contributed by atoms with Gasteiger partial charge in [0, 0.05) is 25.4 Å².